The maximum absolute atomic E-state index is 6.12. The van der Waals surface area contributed by atoms with E-state index in [1.807, 2.05) is 0 Å². The van der Waals surface area contributed by atoms with Crippen molar-refractivity contribution in [2.75, 3.05) is 13.2 Å². The standard InChI is InChI=1S/C15H29NO/c1-13(2)6-10-16-14-7-11-17-15(12-14)8-4-3-5-9-15/h13-14,16H,3-12H2,1-2H3. The van der Waals surface area contributed by atoms with E-state index in [1.54, 1.807) is 0 Å². The highest BCUT2D eigenvalue weighted by molar-refractivity contribution is 4.91. The van der Waals surface area contributed by atoms with Gasteiger partial charge in [0.2, 0.25) is 0 Å². The second-order valence-electron chi connectivity index (χ2n) is 6.42. The number of rotatable bonds is 4. The first-order chi connectivity index (χ1) is 8.20. The summed E-state index contributed by atoms with van der Waals surface area (Å²) in [4.78, 5) is 0. The van der Waals surface area contributed by atoms with Gasteiger partial charge in [0.15, 0.2) is 0 Å². The molecule has 100 valence electrons. The van der Waals surface area contributed by atoms with E-state index in [9.17, 15) is 0 Å². The van der Waals surface area contributed by atoms with Crippen LogP contribution in [0.25, 0.3) is 0 Å². The van der Waals surface area contributed by atoms with E-state index < -0.39 is 0 Å². The molecule has 1 saturated heterocycles. The zero-order chi connectivity index (χ0) is 12.1. The van der Waals surface area contributed by atoms with Crippen molar-refractivity contribution in [2.45, 2.75) is 76.9 Å². The van der Waals surface area contributed by atoms with Crippen molar-refractivity contribution in [3.05, 3.63) is 0 Å². The Hall–Kier alpha value is -0.0800. The van der Waals surface area contributed by atoms with Gasteiger partial charge in [0, 0.05) is 12.6 Å². The zero-order valence-electron chi connectivity index (χ0n) is 11.6. The Morgan fingerprint density at radius 1 is 1.24 bits per heavy atom. The average molecular weight is 239 g/mol. The van der Waals surface area contributed by atoms with Gasteiger partial charge in [0.1, 0.15) is 0 Å². The third-order valence-corrected chi connectivity index (χ3v) is 4.41. The maximum atomic E-state index is 6.12. The number of ether oxygens (including phenoxy) is 1. The molecule has 1 heterocycles. The van der Waals surface area contributed by atoms with Crippen LogP contribution in [0.4, 0.5) is 0 Å². The van der Waals surface area contributed by atoms with Crippen molar-refractivity contribution < 1.29 is 4.74 Å². The van der Waals surface area contributed by atoms with Crippen molar-refractivity contribution in [2.24, 2.45) is 5.92 Å². The van der Waals surface area contributed by atoms with Crippen molar-refractivity contribution >= 4 is 0 Å². The number of hydrogen-bond donors (Lipinski definition) is 1. The molecule has 1 spiro atoms. The van der Waals surface area contributed by atoms with Crippen LogP contribution in [0, 0.1) is 5.92 Å². The molecule has 1 unspecified atom stereocenters. The minimum Gasteiger partial charge on any atom is -0.375 e. The molecule has 2 heteroatoms. The highest BCUT2D eigenvalue weighted by Gasteiger charge is 2.38. The quantitative estimate of drug-likeness (QED) is 0.810. The minimum absolute atomic E-state index is 0.256. The van der Waals surface area contributed by atoms with Crippen LogP contribution in [0.1, 0.15) is 65.2 Å². The lowest BCUT2D eigenvalue weighted by Crippen LogP contribution is -2.48. The Balaban J connectivity index is 1.76. The molecule has 0 aromatic heterocycles. The van der Waals surface area contributed by atoms with Crippen molar-refractivity contribution in [3.8, 4) is 0 Å². The summed E-state index contributed by atoms with van der Waals surface area (Å²) in [6, 6.07) is 0.709. The molecule has 1 aliphatic heterocycles. The van der Waals surface area contributed by atoms with E-state index in [2.05, 4.69) is 19.2 Å². The van der Waals surface area contributed by atoms with Gasteiger partial charge in [-0.1, -0.05) is 33.1 Å². The largest absolute Gasteiger partial charge is 0.375 e. The van der Waals surface area contributed by atoms with Gasteiger partial charge < -0.3 is 10.1 Å². The summed E-state index contributed by atoms with van der Waals surface area (Å²) in [5.41, 5.74) is 0.256. The van der Waals surface area contributed by atoms with Gasteiger partial charge in [-0.05, 0) is 44.6 Å². The van der Waals surface area contributed by atoms with E-state index in [0.29, 0.717) is 6.04 Å². The minimum atomic E-state index is 0.256. The average Bonchev–Trinajstić information content (AvgIpc) is 2.29. The SMILES string of the molecule is CC(C)CCNC1CCOC2(CCCCC2)C1. The molecule has 1 saturated carbocycles. The maximum Gasteiger partial charge on any atom is 0.0697 e. The predicted octanol–water partition coefficient (Wildman–Crippen LogP) is 3.50. The summed E-state index contributed by atoms with van der Waals surface area (Å²) in [6.07, 6.45) is 10.5. The van der Waals surface area contributed by atoms with Crippen LogP contribution in [-0.2, 0) is 4.74 Å². The highest BCUT2D eigenvalue weighted by atomic mass is 16.5. The first-order valence-corrected chi connectivity index (χ1v) is 7.58. The van der Waals surface area contributed by atoms with Gasteiger partial charge >= 0.3 is 0 Å². The second kappa shape index (κ2) is 6.19. The Morgan fingerprint density at radius 3 is 2.71 bits per heavy atom. The van der Waals surface area contributed by atoms with Gasteiger partial charge in [-0.3, -0.25) is 0 Å². The van der Waals surface area contributed by atoms with Gasteiger partial charge in [0.25, 0.3) is 0 Å². The van der Waals surface area contributed by atoms with Crippen molar-refractivity contribution in [1.82, 2.24) is 5.32 Å². The van der Waals surface area contributed by atoms with Crippen molar-refractivity contribution in [3.63, 3.8) is 0 Å². The summed E-state index contributed by atoms with van der Waals surface area (Å²) < 4.78 is 6.12. The molecule has 17 heavy (non-hydrogen) atoms. The fraction of sp³-hybridized carbons (Fsp3) is 1.00. The van der Waals surface area contributed by atoms with Crippen LogP contribution in [0.15, 0.2) is 0 Å². The molecule has 2 fully saturated rings. The molecular weight excluding hydrogens is 210 g/mol. The Labute approximate surface area is 107 Å². The van der Waals surface area contributed by atoms with Gasteiger partial charge in [-0.25, -0.2) is 0 Å². The zero-order valence-corrected chi connectivity index (χ0v) is 11.6. The molecule has 0 radical (unpaired) electrons. The number of hydrogen-bond acceptors (Lipinski definition) is 2. The Kier molecular flexibility index (Phi) is 4.87. The van der Waals surface area contributed by atoms with Crippen LogP contribution >= 0.6 is 0 Å². The first-order valence-electron chi connectivity index (χ1n) is 7.58. The molecule has 0 aromatic rings. The van der Waals surface area contributed by atoms with Crippen LogP contribution in [-0.4, -0.2) is 24.8 Å². The summed E-state index contributed by atoms with van der Waals surface area (Å²) in [5, 5.41) is 3.74. The third-order valence-electron chi connectivity index (χ3n) is 4.41. The topological polar surface area (TPSA) is 21.3 Å². The molecule has 1 atom stereocenters. The third kappa shape index (κ3) is 3.96. The lowest BCUT2D eigenvalue weighted by Gasteiger charge is -2.43. The lowest BCUT2D eigenvalue weighted by molar-refractivity contribution is -0.109. The second-order valence-corrected chi connectivity index (χ2v) is 6.42. The molecule has 1 N–H and O–H groups in total. The van der Waals surface area contributed by atoms with Gasteiger partial charge in [-0.2, -0.15) is 0 Å². The lowest BCUT2D eigenvalue weighted by atomic mass is 9.78. The smallest absolute Gasteiger partial charge is 0.0697 e. The summed E-state index contributed by atoms with van der Waals surface area (Å²) >= 11 is 0. The molecule has 2 aliphatic rings. The normalized spacial score (nSPS) is 28.8. The van der Waals surface area contributed by atoms with Crippen LogP contribution in [0.3, 0.4) is 0 Å². The summed E-state index contributed by atoms with van der Waals surface area (Å²) in [6.45, 7) is 6.75. The van der Waals surface area contributed by atoms with Crippen LogP contribution < -0.4 is 5.32 Å². The van der Waals surface area contributed by atoms with E-state index in [0.717, 1.165) is 12.5 Å². The molecule has 1 aliphatic carbocycles. The van der Waals surface area contributed by atoms with E-state index in [-0.39, 0.29) is 5.60 Å². The highest BCUT2D eigenvalue weighted by Crippen LogP contribution is 2.38. The molecule has 0 bridgehead atoms. The van der Waals surface area contributed by atoms with E-state index in [4.69, 9.17) is 4.74 Å². The molecule has 2 nitrogen and oxygen atoms in total. The monoisotopic (exact) mass is 239 g/mol. The van der Waals surface area contributed by atoms with Gasteiger partial charge in [-0.15, -0.1) is 0 Å². The van der Waals surface area contributed by atoms with E-state index >= 15 is 0 Å². The first kappa shape index (κ1) is 13.4. The van der Waals surface area contributed by atoms with Crippen LogP contribution in [0.5, 0.6) is 0 Å². The van der Waals surface area contributed by atoms with E-state index in [1.165, 1.54) is 57.9 Å². The fourth-order valence-electron chi connectivity index (χ4n) is 3.32. The molecule has 0 amide bonds. The molecule has 0 aromatic carbocycles. The van der Waals surface area contributed by atoms with Crippen LogP contribution in [0.2, 0.25) is 0 Å². The predicted molar refractivity (Wildman–Crippen MR) is 72.2 cm³/mol. The summed E-state index contributed by atoms with van der Waals surface area (Å²) in [5.74, 6) is 0.811. The molecule has 2 rings (SSSR count). The van der Waals surface area contributed by atoms with Gasteiger partial charge in [0.05, 0.1) is 5.60 Å². The fourth-order valence-corrected chi connectivity index (χ4v) is 3.32. The Morgan fingerprint density at radius 2 is 2.00 bits per heavy atom. The summed E-state index contributed by atoms with van der Waals surface area (Å²) in [7, 11) is 0. The van der Waals surface area contributed by atoms with Crippen molar-refractivity contribution in [1.29, 1.82) is 0 Å². The Bertz CT molecular complexity index is 215. The number of nitrogens with one attached hydrogen (secondary N) is 1. The molecular formula is C15H29NO.